The smallest absolute Gasteiger partial charge is 0.410 e. The zero-order valence-corrected chi connectivity index (χ0v) is 10.4. The fourth-order valence-electron chi connectivity index (χ4n) is 2.72. The van der Waals surface area contributed by atoms with Gasteiger partial charge in [-0.2, -0.15) is 0 Å². The van der Waals surface area contributed by atoms with Gasteiger partial charge in [-0.3, -0.25) is 0 Å². The number of carbonyl (C=O) groups excluding carboxylic acids is 1. The number of ether oxygens (including phenoxy) is 1. The Morgan fingerprint density at radius 1 is 1.33 bits per heavy atom. The number of hydrogen-bond acceptors (Lipinski definition) is 3. The van der Waals surface area contributed by atoms with E-state index >= 15 is 0 Å². The van der Waals surface area contributed by atoms with E-state index in [-0.39, 0.29) is 11.7 Å². The number of benzene rings is 1. The van der Waals surface area contributed by atoms with Gasteiger partial charge in [0.15, 0.2) is 0 Å². The summed E-state index contributed by atoms with van der Waals surface area (Å²) in [5, 5.41) is 3.27. The molecule has 2 heterocycles. The monoisotopic (exact) mass is 246 g/mol. The maximum atomic E-state index is 11.8. The standard InChI is InChI=1S/C14H18N2O2/c17-13-16(9-6-12-4-2-1-3-5-12)11-14(18-13)7-8-15-10-14/h1-5,15H,6-11H2. The number of hydrogen-bond donors (Lipinski definition) is 1. The first-order chi connectivity index (χ1) is 8.77. The first-order valence-electron chi connectivity index (χ1n) is 6.50. The molecule has 0 aliphatic carbocycles. The van der Waals surface area contributed by atoms with Gasteiger partial charge in [-0.25, -0.2) is 4.79 Å². The molecule has 3 rings (SSSR count). The van der Waals surface area contributed by atoms with Crippen LogP contribution in [0.1, 0.15) is 12.0 Å². The van der Waals surface area contributed by atoms with Gasteiger partial charge in [-0.1, -0.05) is 30.3 Å². The van der Waals surface area contributed by atoms with Gasteiger partial charge < -0.3 is 15.0 Å². The van der Waals surface area contributed by atoms with Crippen molar-refractivity contribution >= 4 is 6.09 Å². The third-order valence-corrected chi connectivity index (χ3v) is 3.76. The van der Waals surface area contributed by atoms with Crippen LogP contribution in [0.5, 0.6) is 0 Å². The molecule has 1 amide bonds. The average molecular weight is 246 g/mol. The van der Waals surface area contributed by atoms with Gasteiger partial charge in [-0.05, 0) is 18.5 Å². The van der Waals surface area contributed by atoms with Gasteiger partial charge in [0.1, 0.15) is 5.60 Å². The molecule has 1 atom stereocenters. The Labute approximate surface area is 107 Å². The fourth-order valence-corrected chi connectivity index (χ4v) is 2.72. The van der Waals surface area contributed by atoms with E-state index in [0.29, 0.717) is 0 Å². The highest BCUT2D eigenvalue weighted by Gasteiger charge is 2.46. The molecule has 18 heavy (non-hydrogen) atoms. The zero-order valence-electron chi connectivity index (χ0n) is 10.4. The maximum absolute atomic E-state index is 11.8. The van der Waals surface area contributed by atoms with Crippen LogP contribution in [0.25, 0.3) is 0 Å². The number of nitrogens with zero attached hydrogens (tertiary/aromatic N) is 1. The van der Waals surface area contributed by atoms with Crippen molar-refractivity contribution in [3.63, 3.8) is 0 Å². The van der Waals surface area contributed by atoms with Crippen LogP contribution >= 0.6 is 0 Å². The van der Waals surface area contributed by atoms with E-state index in [4.69, 9.17) is 4.74 Å². The van der Waals surface area contributed by atoms with Gasteiger partial charge in [0.05, 0.1) is 6.54 Å². The van der Waals surface area contributed by atoms with E-state index in [2.05, 4.69) is 17.4 Å². The Morgan fingerprint density at radius 2 is 2.17 bits per heavy atom. The minimum absolute atomic E-state index is 0.158. The average Bonchev–Trinajstić information content (AvgIpc) is 2.96. The third kappa shape index (κ3) is 2.20. The molecule has 1 aromatic carbocycles. The van der Waals surface area contributed by atoms with Gasteiger partial charge >= 0.3 is 6.09 Å². The summed E-state index contributed by atoms with van der Waals surface area (Å²) < 4.78 is 5.54. The summed E-state index contributed by atoms with van der Waals surface area (Å²) in [4.78, 5) is 13.7. The van der Waals surface area contributed by atoms with Crippen molar-refractivity contribution in [2.24, 2.45) is 0 Å². The molecule has 2 fully saturated rings. The second-order valence-corrected chi connectivity index (χ2v) is 5.13. The molecule has 0 saturated carbocycles. The lowest BCUT2D eigenvalue weighted by Gasteiger charge is -2.19. The summed E-state index contributed by atoms with van der Waals surface area (Å²) in [5.74, 6) is 0. The van der Waals surface area contributed by atoms with Crippen LogP contribution in [0.4, 0.5) is 4.79 Å². The van der Waals surface area contributed by atoms with E-state index in [1.165, 1.54) is 5.56 Å². The molecule has 1 spiro atoms. The number of rotatable bonds is 3. The van der Waals surface area contributed by atoms with Gasteiger partial charge in [0.2, 0.25) is 0 Å². The minimum Gasteiger partial charge on any atom is -0.439 e. The van der Waals surface area contributed by atoms with Crippen molar-refractivity contribution in [3.05, 3.63) is 35.9 Å². The predicted molar refractivity (Wildman–Crippen MR) is 68.4 cm³/mol. The van der Waals surface area contributed by atoms with Crippen molar-refractivity contribution in [2.75, 3.05) is 26.2 Å². The van der Waals surface area contributed by atoms with Crippen molar-refractivity contribution in [1.29, 1.82) is 0 Å². The van der Waals surface area contributed by atoms with Crippen LogP contribution in [0.15, 0.2) is 30.3 Å². The quantitative estimate of drug-likeness (QED) is 0.877. The molecule has 96 valence electrons. The molecule has 0 bridgehead atoms. The Morgan fingerprint density at radius 3 is 2.89 bits per heavy atom. The number of nitrogens with one attached hydrogen (secondary N) is 1. The van der Waals surface area contributed by atoms with E-state index in [9.17, 15) is 4.79 Å². The van der Waals surface area contributed by atoms with Crippen molar-refractivity contribution in [2.45, 2.75) is 18.4 Å². The summed E-state index contributed by atoms with van der Waals surface area (Å²) in [7, 11) is 0. The van der Waals surface area contributed by atoms with Crippen molar-refractivity contribution in [3.8, 4) is 0 Å². The first-order valence-corrected chi connectivity index (χ1v) is 6.50. The maximum Gasteiger partial charge on any atom is 0.410 e. The van der Waals surface area contributed by atoms with Crippen LogP contribution in [0.2, 0.25) is 0 Å². The minimum atomic E-state index is -0.256. The second-order valence-electron chi connectivity index (χ2n) is 5.13. The normalized spacial score (nSPS) is 26.9. The number of carbonyl (C=O) groups is 1. The summed E-state index contributed by atoms with van der Waals surface area (Å²) >= 11 is 0. The Hall–Kier alpha value is -1.55. The lowest BCUT2D eigenvalue weighted by molar-refractivity contribution is 0.0727. The molecule has 2 aliphatic rings. The number of amides is 1. The molecular formula is C14H18N2O2. The largest absolute Gasteiger partial charge is 0.439 e. The van der Waals surface area contributed by atoms with Gasteiger partial charge in [0.25, 0.3) is 0 Å². The summed E-state index contributed by atoms with van der Waals surface area (Å²) in [5.41, 5.74) is 1.00. The molecule has 4 nitrogen and oxygen atoms in total. The molecule has 1 aromatic rings. The van der Waals surface area contributed by atoms with Gasteiger partial charge in [0, 0.05) is 19.5 Å². The topological polar surface area (TPSA) is 41.6 Å². The lowest BCUT2D eigenvalue weighted by Crippen LogP contribution is -2.37. The molecule has 1 unspecified atom stereocenters. The second kappa shape index (κ2) is 4.61. The molecule has 0 aromatic heterocycles. The first kappa shape index (κ1) is 11.5. The summed E-state index contributed by atoms with van der Waals surface area (Å²) in [6.45, 7) is 3.21. The summed E-state index contributed by atoms with van der Waals surface area (Å²) in [6, 6.07) is 10.2. The third-order valence-electron chi connectivity index (χ3n) is 3.76. The van der Waals surface area contributed by atoms with Crippen molar-refractivity contribution in [1.82, 2.24) is 10.2 Å². The molecule has 4 heteroatoms. The van der Waals surface area contributed by atoms with Crippen molar-refractivity contribution < 1.29 is 9.53 Å². The predicted octanol–water partition coefficient (Wildman–Crippen LogP) is 1.41. The highest BCUT2D eigenvalue weighted by Crippen LogP contribution is 2.28. The van der Waals surface area contributed by atoms with Crippen LogP contribution < -0.4 is 5.32 Å². The van der Waals surface area contributed by atoms with Gasteiger partial charge in [-0.15, -0.1) is 0 Å². The van der Waals surface area contributed by atoms with Crippen LogP contribution in [-0.2, 0) is 11.2 Å². The highest BCUT2D eigenvalue weighted by molar-refractivity contribution is 5.70. The summed E-state index contributed by atoms with van der Waals surface area (Å²) in [6.07, 6.45) is 1.66. The van der Waals surface area contributed by atoms with Crippen LogP contribution in [-0.4, -0.2) is 42.8 Å². The lowest BCUT2D eigenvalue weighted by atomic mass is 10.0. The van der Waals surface area contributed by atoms with Crippen LogP contribution in [0, 0.1) is 0 Å². The molecule has 2 saturated heterocycles. The molecule has 0 radical (unpaired) electrons. The Kier molecular flexibility index (Phi) is 2.96. The highest BCUT2D eigenvalue weighted by atomic mass is 16.6. The Bertz CT molecular complexity index is 427. The Balaban J connectivity index is 1.59. The van der Waals surface area contributed by atoms with E-state index < -0.39 is 0 Å². The zero-order chi connectivity index (χ0) is 12.4. The van der Waals surface area contributed by atoms with E-state index in [1.54, 1.807) is 0 Å². The molecule has 2 aliphatic heterocycles. The van der Waals surface area contributed by atoms with E-state index in [0.717, 1.165) is 39.0 Å². The molecular weight excluding hydrogens is 228 g/mol. The fraction of sp³-hybridized carbons (Fsp3) is 0.500. The SMILES string of the molecule is O=C1OC2(CCNC2)CN1CCc1ccccc1. The van der Waals surface area contributed by atoms with E-state index in [1.807, 2.05) is 23.1 Å². The van der Waals surface area contributed by atoms with Crippen LogP contribution in [0.3, 0.4) is 0 Å². The molecule has 1 N–H and O–H groups in total.